The predicted octanol–water partition coefficient (Wildman–Crippen LogP) is 1.86. The summed E-state index contributed by atoms with van der Waals surface area (Å²) in [5, 5.41) is 9.13. The van der Waals surface area contributed by atoms with Gasteiger partial charge in [-0.2, -0.15) is 13.2 Å². The van der Waals surface area contributed by atoms with Gasteiger partial charge >= 0.3 is 12.1 Å². The molecular weight excluding hydrogens is 327 g/mol. The van der Waals surface area contributed by atoms with E-state index in [1.807, 2.05) is 4.57 Å². The van der Waals surface area contributed by atoms with E-state index >= 15 is 0 Å². The molecular formula is C14H14F3N5O2. The lowest BCUT2D eigenvalue weighted by Crippen LogP contribution is -2.33. The number of carboxylic acids is 1. The van der Waals surface area contributed by atoms with Crippen molar-refractivity contribution in [2.45, 2.75) is 25.1 Å². The quantitative estimate of drug-likeness (QED) is 0.917. The van der Waals surface area contributed by atoms with Crippen molar-refractivity contribution in [2.24, 2.45) is 11.8 Å². The molecule has 1 aliphatic carbocycles. The molecule has 0 aromatic carbocycles. The second-order valence-corrected chi connectivity index (χ2v) is 6.25. The summed E-state index contributed by atoms with van der Waals surface area (Å²) in [6, 6.07) is 0.325. The summed E-state index contributed by atoms with van der Waals surface area (Å²) in [4.78, 5) is 25.1. The standard InChI is InChI=1S/C14H14F3N5O2/c15-14(16,17)9-4-21(3-8(9)13(23)24)11-10-12(19-5-18-11)22(6-20-10)7-1-2-7/h5-9H,1-4H2,(H,23,24)/t8-,9-/m1/s1. The summed E-state index contributed by atoms with van der Waals surface area (Å²) in [5.74, 6) is -4.63. The van der Waals surface area contributed by atoms with Crippen LogP contribution in [0.3, 0.4) is 0 Å². The molecule has 1 N–H and O–H groups in total. The number of anilines is 1. The third-order valence-corrected chi connectivity index (χ3v) is 4.64. The van der Waals surface area contributed by atoms with Crippen LogP contribution in [0, 0.1) is 11.8 Å². The fourth-order valence-electron chi connectivity index (χ4n) is 3.25. The topological polar surface area (TPSA) is 84.1 Å². The highest BCUT2D eigenvalue weighted by Crippen LogP contribution is 2.41. The normalized spacial score (nSPS) is 24.7. The average molecular weight is 341 g/mol. The van der Waals surface area contributed by atoms with Gasteiger partial charge in [0.25, 0.3) is 0 Å². The van der Waals surface area contributed by atoms with Crippen LogP contribution in [0.15, 0.2) is 12.7 Å². The van der Waals surface area contributed by atoms with E-state index in [-0.39, 0.29) is 12.4 Å². The van der Waals surface area contributed by atoms with Gasteiger partial charge < -0.3 is 14.6 Å². The molecule has 0 bridgehead atoms. The Bertz CT molecular complexity index is 801. The highest BCUT2D eigenvalue weighted by molar-refractivity contribution is 5.84. The van der Waals surface area contributed by atoms with Crippen molar-refractivity contribution in [3.05, 3.63) is 12.7 Å². The van der Waals surface area contributed by atoms with Gasteiger partial charge in [-0.25, -0.2) is 15.0 Å². The first-order valence-electron chi connectivity index (χ1n) is 7.58. The van der Waals surface area contributed by atoms with E-state index < -0.39 is 30.5 Å². The minimum atomic E-state index is -4.57. The van der Waals surface area contributed by atoms with Crippen LogP contribution in [0.1, 0.15) is 18.9 Å². The molecule has 2 aromatic heterocycles. The number of halogens is 3. The Kier molecular flexibility index (Phi) is 3.19. The maximum absolute atomic E-state index is 13.1. The number of aromatic nitrogens is 4. The molecule has 0 radical (unpaired) electrons. The monoisotopic (exact) mass is 341 g/mol. The van der Waals surface area contributed by atoms with Crippen molar-refractivity contribution in [3.63, 3.8) is 0 Å². The third-order valence-electron chi connectivity index (χ3n) is 4.64. The fraction of sp³-hybridized carbons (Fsp3) is 0.571. The highest BCUT2D eigenvalue weighted by atomic mass is 19.4. The van der Waals surface area contributed by atoms with Crippen LogP contribution in [0.2, 0.25) is 0 Å². The maximum atomic E-state index is 13.1. The Hall–Kier alpha value is -2.39. The van der Waals surface area contributed by atoms with E-state index in [9.17, 15) is 18.0 Å². The smallest absolute Gasteiger partial charge is 0.394 e. The number of fused-ring (bicyclic) bond motifs is 1. The van der Waals surface area contributed by atoms with Crippen molar-refractivity contribution >= 4 is 23.0 Å². The molecule has 128 valence electrons. The van der Waals surface area contributed by atoms with E-state index in [0.717, 1.165) is 12.8 Å². The average Bonchev–Trinajstić information content (AvgIpc) is 3.10. The lowest BCUT2D eigenvalue weighted by molar-refractivity contribution is -0.187. The maximum Gasteiger partial charge on any atom is 0.394 e. The Morgan fingerprint density at radius 1 is 1.21 bits per heavy atom. The van der Waals surface area contributed by atoms with Crippen LogP contribution in [0.4, 0.5) is 19.0 Å². The molecule has 0 unspecified atom stereocenters. The zero-order chi connectivity index (χ0) is 17.1. The summed E-state index contributed by atoms with van der Waals surface area (Å²) in [7, 11) is 0. The molecule has 1 aliphatic heterocycles. The summed E-state index contributed by atoms with van der Waals surface area (Å²) >= 11 is 0. The van der Waals surface area contributed by atoms with E-state index in [4.69, 9.17) is 5.11 Å². The van der Waals surface area contributed by atoms with Crippen LogP contribution in [0.25, 0.3) is 11.2 Å². The number of carboxylic acid groups (broad SMARTS) is 1. The van der Waals surface area contributed by atoms with Gasteiger partial charge in [0.2, 0.25) is 0 Å². The molecule has 0 spiro atoms. The Morgan fingerprint density at radius 2 is 1.96 bits per heavy atom. The number of nitrogens with zero attached hydrogens (tertiary/aromatic N) is 5. The van der Waals surface area contributed by atoms with E-state index in [1.54, 1.807) is 6.33 Å². The lowest BCUT2D eigenvalue weighted by Gasteiger charge is -2.19. The Morgan fingerprint density at radius 3 is 2.54 bits per heavy atom. The zero-order valence-electron chi connectivity index (χ0n) is 12.4. The lowest BCUT2D eigenvalue weighted by atomic mass is 9.96. The largest absolute Gasteiger partial charge is 0.481 e. The molecule has 1 saturated heterocycles. The number of rotatable bonds is 3. The number of carbonyl (C=O) groups is 1. The van der Waals surface area contributed by atoms with Gasteiger partial charge in [0, 0.05) is 19.1 Å². The van der Waals surface area contributed by atoms with Gasteiger partial charge in [0.05, 0.1) is 18.2 Å². The van der Waals surface area contributed by atoms with Gasteiger partial charge in [-0.1, -0.05) is 0 Å². The van der Waals surface area contributed by atoms with Gasteiger partial charge in [0.1, 0.15) is 6.33 Å². The van der Waals surface area contributed by atoms with Crippen LogP contribution in [-0.2, 0) is 4.79 Å². The van der Waals surface area contributed by atoms with Crippen LogP contribution >= 0.6 is 0 Å². The van der Waals surface area contributed by atoms with Crippen molar-refractivity contribution in [3.8, 4) is 0 Å². The molecule has 0 amide bonds. The van der Waals surface area contributed by atoms with E-state index in [2.05, 4.69) is 15.0 Å². The first kappa shape index (κ1) is 15.2. The second-order valence-electron chi connectivity index (χ2n) is 6.25. The van der Waals surface area contributed by atoms with Crippen LogP contribution < -0.4 is 4.90 Å². The number of hydrogen-bond acceptors (Lipinski definition) is 5. The van der Waals surface area contributed by atoms with Crippen LogP contribution in [-0.4, -0.2) is 49.9 Å². The first-order valence-corrected chi connectivity index (χ1v) is 7.58. The number of imidazole rings is 1. The van der Waals surface area contributed by atoms with Crippen molar-refractivity contribution in [1.29, 1.82) is 0 Å². The first-order chi connectivity index (χ1) is 11.4. The van der Waals surface area contributed by atoms with Crippen molar-refractivity contribution in [2.75, 3.05) is 18.0 Å². The molecule has 7 nitrogen and oxygen atoms in total. The van der Waals surface area contributed by atoms with Crippen molar-refractivity contribution < 1.29 is 23.1 Å². The molecule has 2 fully saturated rings. The van der Waals surface area contributed by atoms with E-state index in [1.165, 1.54) is 11.2 Å². The highest BCUT2D eigenvalue weighted by Gasteiger charge is 2.53. The number of aliphatic carboxylic acids is 1. The molecule has 2 aromatic rings. The van der Waals surface area contributed by atoms with Crippen LogP contribution in [0.5, 0.6) is 0 Å². The Labute approximate surface area is 134 Å². The number of alkyl halides is 3. The molecule has 1 saturated carbocycles. The van der Waals surface area contributed by atoms with Gasteiger partial charge in [-0.15, -0.1) is 0 Å². The molecule has 24 heavy (non-hydrogen) atoms. The minimum absolute atomic E-state index is 0.248. The fourth-order valence-corrected chi connectivity index (χ4v) is 3.25. The van der Waals surface area contributed by atoms with Gasteiger partial charge in [0.15, 0.2) is 17.0 Å². The summed E-state index contributed by atoms with van der Waals surface area (Å²) in [6.07, 6.45) is 0.371. The van der Waals surface area contributed by atoms with Crippen molar-refractivity contribution in [1.82, 2.24) is 19.5 Å². The molecule has 2 aliphatic rings. The molecule has 4 rings (SSSR count). The molecule has 3 heterocycles. The van der Waals surface area contributed by atoms with E-state index in [0.29, 0.717) is 17.2 Å². The molecule has 2 atom stereocenters. The summed E-state index contributed by atoms with van der Waals surface area (Å²) in [5.41, 5.74) is 0.987. The molecule has 10 heteroatoms. The number of hydrogen-bond donors (Lipinski definition) is 1. The predicted molar refractivity (Wildman–Crippen MR) is 76.5 cm³/mol. The summed E-state index contributed by atoms with van der Waals surface area (Å²) < 4.78 is 41.3. The van der Waals surface area contributed by atoms with Gasteiger partial charge in [-0.05, 0) is 12.8 Å². The SMILES string of the molecule is O=C(O)[C@@H]1CN(c2ncnc3c2ncn3C2CC2)C[C@H]1C(F)(F)F. The second kappa shape index (κ2) is 5.05. The third kappa shape index (κ3) is 2.36. The Balaban J connectivity index is 1.71. The zero-order valence-corrected chi connectivity index (χ0v) is 12.4. The minimum Gasteiger partial charge on any atom is -0.481 e. The van der Waals surface area contributed by atoms with Gasteiger partial charge in [-0.3, -0.25) is 4.79 Å². The summed E-state index contributed by atoms with van der Waals surface area (Å²) in [6.45, 7) is -0.690.